The highest BCUT2D eigenvalue weighted by Crippen LogP contribution is 2.21. The minimum Gasteiger partial charge on any atom is -0.359 e. The largest absolute Gasteiger partial charge is 0.359 e. The fraction of sp³-hybridized carbons (Fsp3) is 0.250. The summed E-state index contributed by atoms with van der Waals surface area (Å²) in [4.78, 5) is 20.2. The Balaban J connectivity index is 1.79. The zero-order valence-corrected chi connectivity index (χ0v) is 13.0. The van der Waals surface area contributed by atoms with E-state index in [2.05, 4.69) is 33.5 Å². The maximum absolute atomic E-state index is 12.2. The molecule has 0 unspecified atom stereocenters. The minimum absolute atomic E-state index is 0.0421. The van der Waals surface area contributed by atoms with Gasteiger partial charge in [0.15, 0.2) is 0 Å². The number of H-pyrrole nitrogens is 1. The van der Waals surface area contributed by atoms with Crippen molar-refractivity contribution < 1.29 is 4.79 Å². The predicted octanol–water partition coefficient (Wildman–Crippen LogP) is 3.73. The number of carbonyl (C=O) groups excluding carboxylic acids is 1. The van der Waals surface area contributed by atoms with Crippen LogP contribution in [-0.4, -0.2) is 15.9 Å². The molecule has 0 fully saturated rings. The van der Waals surface area contributed by atoms with Crippen molar-refractivity contribution in [1.29, 1.82) is 0 Å². The summed E-state index contributed by atoms with van der Waals surface area (Å²) in [6.07, 6.45) is 1.63. The number of carbonyl (C=O) groups is 1. The van der Waals surface area contributed by atoms with Crippen molar-refractivity contribution in [3.63, 3.8) is 0 Å². The van der Waals surface area contributed by atoms with Crippen LogP contribution >= 0.6 is 11.3 Å². The molecule has 0 bridgehead atoms. The molecule has 0 saturated carbocycles. The highest BCUT2D eigenvalue weighted by Gasteiger charge is 2.14. The Morgan fingerprint density at radius 1 is 1.33 bits per heavy atom. The van der Waals surface area contributed by atoms with E-state index in [0.717, 1.165) is 21.8 Å². The van der Waals surface area contributed by atoms with E-state index < -0.39 is 0 Å². The lowest BCUT2D eigenvalue weighted by atomic mass is 10.1. The fourth-order valence-corrected chi connectivity index (χ4v) is 3.06. The Bertz CT molecular complexity index is 803. The molecule has 0 radical (unpaired) electrons. The second-order valence-corrected chi connectivity index (χ2v) is 6.47. The molecule has 1 aromatic carbocycles. The quantitative estimate of drug-likeness (QED) is 0.774. The average molecular weight is 299 g/mol. The molecule has 2 N–H and O–H groups in total. The first kappa shape index (κ1) is 13.8. The van der Waals surface area contributed by atoms with E-state index in [1.807, 2.05) is 26.8 Å². The predicted molar refractivity (Wildman–Crippen MR) is 85.8 cm³/mol. The molecule has 3 rings (SSSR count). The molecule has 2 heterocycles. The average Bonchev–Trinajstić information content (AvgIpc) is 3.02. The van der Waals surface area contributed by atoms with E-state index in [1.54, 1.807) is 6.20 Å². The number of hydrogen-bond donors (Lipinski definition) is 2. The standard InChI is InChI=1S/C16H17N3OS/c1-9-6-13-7-12(4-5-14(13)18-9)10(2)19-16(20)15-8-17-11(3)21-15/h4-8,10,18H,1-3H3,(H,19,20)/t10-/m1/s1. The summed E-state index contributed by atoms with van der Waals surface area (Å²) in [5, 5.41) is 5.09. The first-order valence-electron chi connectivity index (χ1n) is 6.85. The molecule has 0 aliphatic rings. The van der Waals surface area contributed by atoms with Gasteiger partial charge in [0.25, 0.3) is 5.91 Å². The molecule has 108 valence electrons. The molecule has 3 aromatic rings. The Labute approximate surface area is 127 Å². The van der Waals surface area contributed by atoms with Crippen LogP contribution in [0, 0.1) is 13.8 Å². The van der Waals surface area contributed by atoms with Crippen LogP contribution in [0.25, 0.3) is 10.9 Å². The van der Waals surface area contributed by atoms with E-state index in [9.17, 15) is 4.79 Å². The van der Waals surface area contributed by atoms with E-state index in [4.69, 9.17) is 0 Å². The lowest BCUT2D eigenvalue weighted by molar-refractivity contribution is 0.0944. The summed E-state index contributed by atoms with van der Waals surface area (Å²) >= 11 is 1.41. The van der Waals surface area contributed by atoms with Gasteiger partial charge in [-0.3, -0.25) is 4.79 Å². The van der Waals surface area contributed by atoms with E-state index in [1.165, 1.54) is 16.7 Å². The number of benzene rings is 1. The highest BCUT2D eigenvalue weighted by molar-refractivity contribution is 7.13. The molecule has 2 aromatic heterocycles. The molecular weight excluding hydrogens is 282 g/mol. The molecule has 21 heavy (non-hydrogen) atoms. The van der Waals surface area contributed by atoms with E-state index in [-0.39, 0.29) is 11.9 Å². The van der Waals surface area contributed by atoms with Crippen LogP contribution in [0.3, 0.4) is 0 Å². The zero-order valence-electron chi connectivity index (χ0n) is 12.2. The number of nitrogens with zero attached hydrogens (tertiary/aromatic N) is 1. The normalized spacial score (nSPS) is 12.5. The number of hydrogen-bond acceptors (Lipinski definition) is 3. The van der Waals surface area contributed by atoms with Gasteiger partial charge in [-0.15, -0.1) is 11.3 Å². The van der Waals surface area contributed by atoms with Crippen molar-refractivity contribution >= 4 is 28.1 Å². The van der Waals surface area contributed by atoms with Gasteiger partial charge < -0.3 is 10.3 Å². The van der Waals surface area contributed by atoms with Crippen LogP contribution in [0.2, 0.25) is 0 Å². The number of amides is 1. The number of fused-ring (bicyclic) bond motifs is 1. The third-order valence-corrected chi connectivity index (χ3v) is 4.38. The summed E-state index contributed by atoms with van der Waals surface area (Å²) in [5.41, 5.74) is 3.35. The summed E-state index contributed by atoms with van der Waals surface area (Å²) in [6.45, 7) is 5.93. The molecule has 0 aliphatic heterocycles. The molecule has 5 heteroatoms. The number of thiazole rings is 1. The van der Waals surface area contributed by atoms with Crippen LogP contribution in [0.1, 0.15) is 38.9 Å². The van der Waals surface area contributed by atoms with Crippen molar-refractivity contribution in [2.24, 2.45) is 0 Å². The summed E-state index contributed by atoms with van der Waals surface area (Å²) in [6, 6.07) is 8.28. The van der Waals surface area contributed by atoms with Crippen molar-refractivity contribution in [1.82, 2.24) is 15.3 Å². The van der Waals surface area contributed by atoms with Crippen LogP contribution < -0.4 is 5.32 Å². The minimum atomic E-state index is -0.0709. The molecule has 1 amide bonds. The van der Waals surface area contributed by atoms with Crippen LogP contribution in [0.15, 0.2) is 30.5 Å². The van der Waals surface area contributed by atoms with Crippen LogP contribution in [-0.2, 0) is 0 Å². The second-order valence-electron chi connectivity index (χ2n) is 5.24. The topological polar surface area (TPSA) is 57.8 Å². The van der Waals surface area contributed by atoms with Crippen LogP contribution in [0.4, 0.5) is 0 Å². The molecule has 0 saturated heterocycles. The molecule has 1 atom stereocenters. The van der Waals surface area contributed by atoms with Crippen LogP contribution in [0.5, 0.6) is 0 Å². The third-order valence-electron chi connectivity index (χ3n) is 3.47. The van der Waals surface area contributed by atoms with Gasteiger partial charge in [-0.2, -0.15) is 0 Å². The second kappa shape index (κ2) is 5.33. The first-order valence-corrected chi connectivity index (χ1v) is 7.67. The van der Waals surface area contributed by atoms with Gasteiger partial charge in [-0.1, -0.05) is 6.07 Å². The van der Waals surface area contributed by atoms with Gasteiger partial charge >= 0.3 is 0 Å². The number of aromatic nitrogens is 2. The Hall–Kier alpha value is -2.14. The van der Waals surface area contributed by atoms with E-state index in [0.29, 0.717) is 4.88 Å². The van der Waals surface area contributed by atoms with Gasteiger partial charge in [-0.05, 0) is 49.9 Å². The molecular formula is C16H17N3OS. The summed E-state index contributed by atoms with van der Waals surface area (Å²) in [5.74, 6) is -0.0709. The fourth-order valence-electron chi connectivity index (χ4n) is 2.38. The smallest absolute Gasteiger partial charge is 0.263 e. The van der Waals surface area contributed by atoms with Gasteiger partial charge in [0.05, 0.1) is 17.2 Å². The molecule has 0 spiro atoms. The number of nitrogens with one attached hydrogen (secondary N) is 2. The Morgan fingerprint density at radius 3 is 2.86 bits per heavy atom. The van der Waals surface area contributed by atoms with E-state index >= 15 is 0 Å². The van der Waals surface area contributed by atoms with Gasteiger partial charge in [0.1, 0.15) is 4.88 Å². The molecule has 4 nitrogen and oxygen atoms in total. The van der Waals surface area contributed by atoms with Gasteiger partial charge in [0.2, 0.25) is 0 Å². The first-order chi connectivity index (χ1) is 10.0. The highest BCUT2D eigenvalue weighted by atomic mass is 32.1. The Morgan fingerprint density at radius 2 is 2.14 bits per heavy atom. The number of aromatic amines is 1. The zero-order chi connectivity index (χ0) is 15.0. The maximum Gasteiger partial charge on any atom is 0.263 e. The van der Waals surface area contributed by atoms with Crippen molar-refractivity contribution in [3.05, 3.63) is 51.6 Å². The van der Waals surface area contributed by atoms with Crippen molar-refractivity contribution in [3.8, 4) is 0 Å². The lowest BCUT2D eigenvalue weighted by Crippen LogP contribution is -2.25. The number of rotatable bonds is 3. The maximum atomic E-state index is 12.2. The Kier molecular flexibility index (Phi) is 3.51. The molecule has 0 aliphatic carbocycles. The third kappa shape index (κ3) is 2.83. The van der Waals surface area contributed by atoms with Crippen molar-refractivity contribution in [2.45, 2.75) is 26.8 Å². The SMILES string of the molecule is Cc1cc2cc([C@@H](C)NC(=O)c3cnc(C)s3)ccc2[nH]1. The summed E-state index contributed by atoms with van der Waals surface area (Å²) < 4.78 is 0. The summed E-state index contributed by atoms with van der Waals surface area (Å²) in [7, 11) is 0. The van der Waals surface area contributed by atoms with Gasteiger partial charge in [-0.25, -0.2) is 4.98 Å². The number of aryl methyl sites for hydroxylation is 2. The monoisotopic (exact) mass is 299 g/mol. The van der Waals surface area contributed by atoms with Crippen molar-refractivity contribution in [2.75, 3.05) is 0 Å². The van der Waals surface area contributed by atoms with Gasteiger partial charge in [0, 0.05) is 11.2 Å². The lowest BCUT2D eigenvalue weighted by Gasteiger charge is -2.13.